The van der Waals surface area contributed by atoms with Crippen molar-refractivity contribution in [2.75, 3.05) is 6.26 Å². The average molecular weight is 471 g/mol. The lowest BCUT2D eigenvalue weighted by Crippen LogP contribution is -2.52. The smallest absolute Gasteiger partial charge is 0.408 e. The highest BCUT2D eigenvalue weighted by atomic mass is 32.2. The van der Waals surface area contributed by atoms with Crippen molar-refractivity contribution in [3.05, 3.63) is 71.8 Å². The van der Waals surface area contributed by atoms with Gasteiger partial charge in [-0.25, -0.2) is 4.79 Å². The minimum Gasteiger partial charge on any atom is -0.445 e. The summed E-state index contributed by atoms with van der Waals surface area (Å²) >= 11 is 1.64. The van der Waals surface area contributed by atoms with Crippen molar-refractivity contribution in [2.24, 2.45) is 5.92 Å². The molecule has 33 heavy (non-hydrogen) atoms. The number of hydrogen-bond acceptors (Lipinski definition) is 5. The van der Waals surface area contributed by atoms with E-state index in [0.717, 1.165) is 11.1 Å². The molecule has 0 saturated heterocycles. The maximum atomic E-state index is 13.1. The number of nitrogens with one attached hydrogen (secondary N) is 2. The molecule has 0 aliphatic carbocycles. The minimum absolute atomic E-state index is 0.0627. The second kappa shape index (κ2) is 13.7. The van der Waals surface area contributed by atoms with Crippen LogP contribution in [0.4, 0.5) is 4.79 Å². The molecule has 0 spiro atoms. The van der Waals surface area contributed by atoms with Gasteiger partial charge in [-0.2, -0.15) is 11.8 Å². The standard InChI is InChI=1S/C26H34N2O4S/c1-18(2)15-23(28-26(31)32-17-20-11-7-5-8-12-20)25(30)27-22(19(3)29)16-24(33-4)21-13-9-6-10-14-21/h5-14,18,22-24H,15-17H2,1-4H3,(H,27,30)(H,28,31)/t22?,23-,24?/m0/s1. The third kappa shape index (κ3) is 9.30. The van der Waals surface area contributed by atoms with Gasteiger partial charge in [0.1, 0.15) is 12.6 Å². The summed E-state index contributed by atoms with van der Waals surface area (Å²) in [6, 6.07) is 17.8. The largest absolute Gasteiger partial charge is 0.445 e. The molecule has 0 heterocycles. The predicted octanol–water partition coefficient (Wildman–Crippen LogP) is 4.90. The summed E-state index contributed by atoms with van der Waals surface area (Å²) < 4.78 is 5.28. The number of hydrogen-bond donors (Lipinski definition) is 2. The zero-order chi connectivity index (χ0) is 24.2. The van der Waals surface area contributed by atoms with Crippen molar-refractivity contribution in [2.45, 2.75) is 57.6 Å². The summed E-state index contributed by atoms with van der Waals surface area (Å²) in [7, 11) is 0. The average Bonchev–Trinajstić information content (AvgIpc) is 2.80. The Kier molecular flexibility index (Phi) is 11.0. The topological polar surface area (TPSA) is 84.5 Å². The zero-order valence-corrected chi connectivity index (χ0v) is 20.6. The number of rotatable bonds is 12. The Balaban J connectivity index is 2.02. The fraction of sp³-hybridized carbons (Fsp3) is 0.423. The number of carbonyl (C=O) groups excluding carboxylic acids is 3. The molecule has 7 heteroatoms. The van der Waals surface area contributed by atoms with E-state index in [1.165, 1.54) is 6.92 Å². The van der Waals surface area contributed by atoms with Crippen molar-refractivity contribution in [1.82, 2.24) is 10.6 Å². The molecule has 2 rings (SSSR count). The van der Waals surface area contributed by atoms with Crippen LogP contribution in [-0.2, 0) is 20.9 Å². The Morgan fingerprint density at radius 2 is 1.48 bits per heavy atom. The van der Waals surface area contributed by atoms with Gasteiger partial charge in [0.25, 0.3) is 0 Å². The molecule has 2 unspecified atom stereocenters. The second-order valence-corrected chi connectivity index (χ2v) is 9.47. The van der Waals surface area contributed by atoms with Crippen LogP contribution in [0.3, 0.4) is 0 Å². The van der Waals surface area contributed by atoms with Gasteiger partial charge in [0.05, 0.1) is 6.04 Å². The number of thioether (sulfide) groups is 1. The van der Waals surface area contributed by atoms with Crippen molar-refractivity contribution in [3.63, 3.8) is 0 Å². The van der Waals surface area contributed by atoms with E-state index in [2.05, 4.69) is 10.6 Å². The number of carbonyl (C=O) groups is 3. The number of ketones is 1. The van der Waals surface area contributed by atoms with Gasteiger partial charge >= 0.3 is 6.09 Å². The maximum Gasteiger partial charge on any atom is 0.408 e. The first-order valence-electron chi connectivity index (χ1n) is 11.2. The van der Waals surface area contributed by atoms with E-state index < -0.39 is 18.2 Å². The van der Waals surface area contributed by atoms with Crippen LogP contribution in [0.15, 0.2) is 60.7 Å². The van der Waals surface area contributed by atoms with E-state index in [4.69, 9.17) is 4.74 Å². The first-order valence-corrected chi connectivity index (χ1v) is 12.4. The molecule has 2 amide bonds. The lowest BCUT2D eigenvalue weighted by molar-refractivity contribution is -0.128. The molecule has 2 aromatic carbocycles. The van der Waals surface area contributed by atoms with E-state index in [-0.39, 0.29) is 29.5 Å². The van der Waals surface area contributed by atoms with Crippen molar-refractivity contribution >= 4 is 29.5 Å². The van der Waals surface area contributed by atoms with Crippen molar-refractivity contribution < 1.29 is 19.1 Å². The normalized spacial score (nSPS) is 13.6. The van der Waals surface area contributed by atoms with Crippen LogP contribution in [0.2, 0.25) is 0 Å². The van der Waals surface area contributed by atoms with Crippen LogP contribution in [0.5, 0.6) is 0 Å². The van der Waals surface area contributed by atoms with Gasteiger partial charge in [0, 0.05) is 5.25 Å². The van der Waals surface area contributed by atoms with Crippen LogP contribution in [-0.4, -0.2) is 36.1 Å². The first kappa shape index (κ1) is 26.5. The van der Waals surface area contributed by atoms with Crippen LogP contribution in [0.1, 0.15) is 50.0 Å². The van der Waals surface area contributed by atoms with Gasteiger partial charge in [0.15, 0.2) is 5.78 Å². The highest BCUT2D eigenvalue weighted by molar-refractivity contribution is 7.98. The predicted molar refractivity (Wildman–Crippen MR) is 133 cm³/mol. The van der Waals surface area contributed by atoms with E-state index in [9.17, 15) is 14.4 Å². The summed E-state index contributed by atoms with van der Waals surface area (Å²) in [4.78, 5) is 37.8. The summed E-state index contributed by atoms with van der Waals surface area (Å²) in [5.41, 5.74) is 1.96. The number of Topliss-reactive ketones (excluding diaryl/α,β-unsaturated/α-hetero) is 1. The molecule has 0 saturated carbocycles. The summed E-state index contributed by atoms with van der Waals surface area (Å²) in [5.74, 6) is -0.337. The molecule has 178 valence electrons. The van der Waals surface area contributed by atoms with Gasteiger partial charge < -0.3 is 15.4 Å². The van der Waals surface area contributed by atoms with Gasteiger partial charge in [0.2, 0.25) is 5.91 Å². The molecule has 2 aromatic rings. The molecule has 0 fully saturated rings. The van der Waals surface area contributed by atoms with E-state index in [0.29, 0.717) is 12.8 Å². The Bertz CT molecular complexity index is 890. The molecule has 2 N–H and O–H groups in total. The van der Waals surface area contributed by atoms with E-state index in [1.807, 2.05) is 80.8 Å². The second-order valence-electron chi connectivity index (χ2n) is 8.43. The molecular weight excluding hydrogens is 436 g/mol. The molecule has 6 nitrogen and oxygen atoms in total. The van der Waals surface area contributed by atoms with Crippen LogP contribution < -0.4 is 10.6 Å². The van der Waals surface area contributed by atoms with Gasteiger partial charge in [-0.15, -0.1) is 0 Å². The number of alkyl carbamates (subject to hydrolysis) is 1. The Morgan fingerprint density at radius 3 is 2.03 bits per heavy atom. The summed E-state index contributed by atoms with van der Waals surface area (Å²) in [6.45, 7) is 5.54. The number of benzene rings is 2. The van der Waals surface area contributed by atoms with Crippen molar-refractivity contribution in [3.8, 4) is 0 Å². The molecule has 0 radical (unpaired) electrons. The molecule has 0 aromatic heterocycles. The Hall–Kier alpha value is -2.80. The molecule has 0 bridgehead atoms. The highest BCUT2D eigenvalue weighted by Crippen LogP contribution is 2.31. The van der Waals surface area contributed by atoms with E-state index >= 15 is 0 Å². The van der Waals surface area contributed by atoms with Gasteiger partial charge in [-0.3, -0.25) is 9.59 Å². The van der Waals surface area contributed by atoms with Crippen molar-refractivity contribution in [1.29, 1.82) is 0 Å². The molecular formula is C26H34N2O4S. The van der Waals surface area contributed by atoms with Gasteiger partial charge in [-0.05, 0) is 43.1 Å². The quantitative estimate of drug-likeness (QED) is 0.461. The van der Waals surface area contributed by atoms with Crippen LogP contribution in [0.25, 0.3) is 0 Å². The number of amides is 2. The zero-order valence-electron chi connectivity index (χ0n) is 19.7. The fourth-order valence-corrected chi connectivity index (χ4v) is 4.27. The first-order chi connectivity index (χ1) is 15.8. The third-order valence-electron chi connectivity index (χ3n) is 5.24. The fourth-order valence-electron chi connectivity index (χ4n) is 3.46. The SMILES string of the molecule is CSC(CC(NC(=O)[C@H](CC(C)C)NC(=O)OCc1ccccc1)C(C)=O)c1ccccc1. The molecule has 3 atom stereocenters. The lowest BCUT2D eigenvalue weighted by atomic mass is 10.00. The van der Waals surface area contributed by atoms with Crippen LogP contribution in [0, 0.1) is 5.92 Å². The minimum atomic E-state index is -0.792. The van der Waals surface area contributed by atoms with E-state index in [1.54, 1.807) is 11.8 Å². The summed E-state index contributed by atoms with van der Waals surface area (Å²) in [6.07, 6.45) is 2.23. The lowest BCUT2D eigenvalue weighted by Gasteiger charge is -2.25. The van der Waals surface area contributed by atoms with Gasteiger partial charge in [-0.1, -0.05) is 74.5 Å². The Labute approximate surface area is 200 Å². The molecule has 0 aliphatic rings. The highest BCUT2D eigenvalue weighted by Gasteiger charge is 2.28. The van der Waals surface area contributed by atoms with Crippen LogP contribution >= 0.6 is 11.8 Å². The maximum absolute atomic E-state index is 13.1. The number of ether oxygens (including phenoxy) is 1. The molecule has 0 aliphatic heterocycles. The third-order valence-corrected chi connectivity index (χ3v) is 6.27. The monoisotopic (exact) mass is 470 g/mol. The summed E-state index contributed by atoms with van der Waals surface area (Å²) in [5, 5.41) is 5.60. The Morgan fingerprint density at radius 1 is 0.879 bits per heavy atom.